The highest BCUT2D eigenvalue weighted by Gasteiger charge is 2.32. The minimum Gasteiger partial charge on any atom is -0.384 e. The molecule has 0 unspecified atom stereocenters. The van der Waals surface area contributed by atoms with Crippen LogP contribution in [0.2, 0.25) is 0 Å². The third-order valence-electron chi connectivity index (χ3n) is 3.65. The molecule has 1 aliphatic rings. The van der Waals surface area contributed by atoms with Crippen molar-refractivity contribution >= 4 is 28.5 Å². The number of imide groups is 1. The number of aromatic nitrogens is 3. The summed E-state index contributed by atoms with van der Waals surface area (Å²) in [6.07, 6.45) is 1.61. The number of hydrogen-bond acceptors (Lipinski definition) is 5. The van der Waals surface area contributed by atoms with Crippen LogP contribution in [-0.2, 0) is 0 Å². The molecule has 4 N–H and O–H groups in total. The van der Waals surface area contributed by atoms with E-state index in [1.54, 1.807) is 18.3 Å². The molecule has 2 aromatic heterocycles. The monoisotopic (exact) mass is 295 g/mol. The molecule has 0 radical (unpaired) electrons. The summed E-state index contributed by atoms with van der Waals surface area (Å²) in [5.41, 5.74) is 6.59. The highest BCUT2D eigenvalue weighted by atomic mass is 16.2. The number of anilines is 1. The second kappa shape index (κ2) is 4.04. The molecule has 0 fully saturated rings. The lowest BCUT2D eigenvalue weighted by Crippen LogP contribution is -2.24. The predicted molar refractivity (Wildman–Crippen MR) is 77.9 cm³/mol. The lowest BCUT2D eigenvalue weighted by atomic mass is 10.1. The molecule has 22 heavy (non-hydrogen) atoms. The molecule has 8 heteroatoms. The molecule has 1 aromatic carbocycles. The van der Waals surface area contributed by atoms with Gasteiger partial charge in [-0.1, -0.05) is 12.1 Å². The molecule has 2 amide bonds. The molecule has 108 valence electrons. The number of hydrogen-bond donors (Lipinski definition) is 3. The highest BCUT2D eigenvalue weighted by molar-refractivity contribution is 6.23. The van der Waals surface area contributed by atoms with Crippen molar-refractivity contribution < 1.29 is 9.59 Å². The molecule has 0 bridgehead atoms. The Balaban J connectivity index is 2.12. The second-order valence-electron chi connectivity index (χ2n) is 4.89. The van der Waals surface area contributed by atoms with Gasteiger partial charge >= 0.3 is 0 Å². The van der Waals surface area contributed by atoms with E-state index in [9.17, 15) is 14.4 Å². The number of amides is 2. The molecule has 4 rings (SSSR count). The van der Waals surface area contributed by atoms with Crippen LogP contribution in [0, 0.1) is 0 Å². The van der Waals surface area contributed by atoms with E-state index in [1.807, 2.05) is 6.07 Å². The van der Waals surface area contributed by atoms with E-state index in [2.05, 4.69) is 15.5 Å². The molecule has 0 aliphatic carbocycles. The first kappa shape index (κ1) is 12.3. The van der Waals surface area contributed by atoms with Gasteiger partial charge in [0.25, 0.3) is 17.4 Å². The smallest absolute Gasteiger partial charge is 0.262 e. The van der Waals surface area contributed by atoms with Crippen LogP contribution < -0.4 is 16.6 Å². The van der Waals surface area contributed by atoms with Gasteiger partial charge in [-0.05, 0) is 6.07 Å². The second-order valence-corrected chi connectivity index (χ2v) is 4.89. The number of carbonyl (C=O) groups excluding carboxylic acids is 2. The van der Waals surface area contributed by atoms with Gasteiger partial charge in [-0.25, -0.2) is 0 Å². The van der Waals surface area contributed by atoms with Gasteiger partial charge in [0.15, 0.2) is 0 Å². The van der Waals surface area contributed by atoms with Gasteiger partial charge < -0.3 is 5.73 Å². The van der Waals surface area contributed by atoms with Crippen molar-refractivity contribution in [2.45, 2.75) is 0 Å². The summed E-state index contributed by atoms with van der Waals surface area (Å²) in [5, 5.41) is 9.65. The van der Waals surface area contributed by atoms with Crippen molar-refractivity contribution in [3.05, 3.63) is 51.9 Å². The van der Waals surface area contributed by atoms with Gasteiger partial charge in [-0.2, -0.15) is 5.10 Å². The van der Waals surface area contributed by atoms with Gasteiger partial charge in [0.05, 0.1) is 28.5 Å². The molecule has 0 atom stereocenters. The zero-order chi connectivity index (χ0) is 15.4. The van der Waals surface area contributed by atoms with Crippen LogP contribution in [0.4, 0.5) is 5.82 Å². The number of nitrogens with two attached hydrogens (primary N) is 1. The molecular formula is C14H9N5O3. The number of H-pyrrole nitrogens is 1. The van der Waals surface area contributed by atoms with E-state index < -0.39 is 17.4 Å². The molecule has 0 saturated carbocycles. The quantitative estimate of drug-likeness (QED) is 0.553. The molecule has 3 heterocycles. The SMILES string of the molecule is Nc1c2c(cc(=O)n1-c1cccc3cn[nH]c13)C(=O)NC2=O. The van der Waals surface area contributed by atoms with Crippen LogP contribution in [-0.4, -0.2) is 26.6 Å². The summed E-state index contributed by atoms with van der Waals surface area (Å²) in [7, 11) is 0. The first-order valence-electron chi connectivity index (χ1n) is 6.41. The average molecular weight is 295 g/mol. The summed E-state index contributed by atoms with van der Waals surface area (Å²) < 4.78 is 1.19. The number of pyridine rings is 1. The Hall–Kier alpha value is -3.42. The van der Waals surface area contributed by atoms with Crippen molar-refractivity contribution in [1.82, 2.24) is 20.1 Å². The highest BCUT2D eigenvalue weighted by Crippen LogP contribution is 2.25. The van der Waals surface area contributed by atoms with Crippen molar-refractivity contribution in [3.63, 3.8) is 0 Å². The van der Waals surface area contributed by atoms with E-state index in [-0.39, 0.29) is 16.9 Å². The lowest BCUT2D eigenvalue weighted by molar-refractivity contribution is 0.0880. The maximum absolute atomic E-state index is 12.4. The van der Waals surface area contributed by atoms with Crippen molar-refractivity contribution in [2.75, 3.05) is 5.73 Å². The summed E-state index contributed by atoms with van der Waals surface area (Å²) in [6, 6.07) is 6.37. The number of aromatic amines is 1. The molecule has 0 saturated heterocycles. The van der Waals surface area contributed by atoms with Crippen LogP contribution in [0.3, 0.4) is 0 Å². The van der Waals surface area contributed by atoms with E-state index in [1.165, 1.54) is 4.57 Å². The fraction of sp³-hybridized carbons (Fsp3) is 0. The Labute approximate surface area is 122 Å². The maximum atomic E-state index is 12.4. The third kappa shape index (κ3) is 1.46. The molecule has 1 aliphatic heterocycles. The normalized spacial score (nSPS) is 13.5. The van der Waals surface area contributed by atoms with Crippen molar-refractivity contribution in [1.29, 1.82) is 0 Å². The maximum Gasteiger partial charge on any atom is 0.262 e. The molecule has 0 spiro atoms. The standard InChI is InChI=1S/C14H9N5O3/c15-12-10-7(13(21)17-14(10)22)4-9(20)19(12)8-3-1-2-6-5-16-18-11(6)8/h1-5H,15H2,(H,16,18)(H,17,21,22). The molecule has 8 nitrogen and oxygen atoms in total. The van der Waals surface area contributed by atoms with Gasteiger partial charge in [-0.3, -0.25) is 29.4 Å². The zero-order valence-corrected chi connectivity index (χ0v) is 11.1. The minimum absolute atomic E-state index is 0.000496. The number of fused-ring (bicyclic) bond motifs is 2. The number of para-hydroxylation sites is 1. The first-order valence-corrected chi connectivity index (χ1v) is 6.41. The Kier molecular flexibility index (Phi) is 2.27. The average Bonchev–Trinajstić information content (AvgIpc) is 3.05. The summed E-state index contributed by atoms with van der Waals surface area (Å²) in [4.78, 5) is 35.9. The van der Waals surface area contributed by atoms with Gasteiger partial charge in [0.2, 0.25) is 0 Å². The number of nitrogens with zero attached hydrogens (tertiary/aromatic N) is 2. The number of benzene rings is 1. The fourth-order valence-corrected chi connectivity index (χ4v) is 2.67. The van der Waals surface area contributed by atoms with E-state index in [0.717, 1.165) is 11.5 Å². The van der Waals surface area contributed by atoms with Crippen LogP contribution in [0.15, 0.2) is 35.3 Å². The van der Waals surface area contributed by atoms with Gasteiger partial charge in [-0.15, -0.1) is 0 Å². The predicted octanol–water partition coefficient (Wildman–Crippen LogP) is 0.180. The van der Waals surface area contributed by atoms with E-state index in [4.69, 9.17) is 5.73 Å². The minimum atomic E-state index is -0.615. The van der Waals surface area contributed by atoms with Crippen LogP contribution in [0.25, 0.3) is 16.6 Å². The summed E-state index contributed by atoms with van der Waals surface area (Å²) in [6.45, 7) is 0. The molecular weight excluding hydrogens is 286 g/mol. The summed E-state index contributed by atoms with van der Waals surface area (Å²) >= 11 is 0. The van der Waals surface area contributed by atoms with Crippen LogP contribution in [0.5, 0.6) is 0 Å². The number of nitrogens with one attached hydrogen (secondary N) is 2. The van der Waals surface area contributed by atoms with Crippen LogP contribution in [0.1, 0.15) is 20.7 Å². The first-order chi connectivity index (χ1) is 10.6. The Morgan fingerprint density at radius 2 is 1.95 bits per heavy atom. The van der Waals surface area contributed by atoms with Crippen LogP contribution >= 0.6 is 0 Å². The summed E-state index contributed by atoms with van der Waals surface area (Å²) in [5.74, 6) is -1.30. The number of nitrogen functional groups attached to an aromatic ring is 1. The van der Waals surface area contributed by atoms with Crippen molar-refractivity contribution in [2.24, 2.45) is 0 Å². The zero-order valence-electron chi connectivity index (χ0n) is 11.1. The van der Waals surface area contributed by atoms with Crippen molar-refractivity contribution in [3.8, 4) is 5.69 Å². The number of rotatable bonds is 1. The van der Waals surface area contributed by atoms with Gasteiger partial charge in [0, 0.05) is 11.5 Å². The Bertz CT molecular complexity index is 1030. The number of carbonyl (C=O) groups is 2. The Morgan fingerprint density at radius 3 is 2.77 bits per heavy atom. The van der Waals surface area contributed by atoms with Gasteiger partial charge in [0.1, 0.15) is 5.82 Å². The van der Waals surface area contributed by atoms with E-state index in [0.29, 0.717) is 11.2 Å². The molecule has 3 aromatic rings. The lowest BCUT2D eigenvalue weighted by Gasteiger charge is -2.12. The largest absolute Gasteiger partial charge is 0.384 e. The third-order valence-corrected chi connectivity index (χ3v) is 3.65. The fourth-order valence-electron chi connectivity index (χ4n) is 2.67. The van der Waals surface area contributed by atoms with E-state index >= 15 is 0 Å². The topological polar surface area (TPSA) is 123 Å². The Morgan fingerprint density at radius 1 is 1.14 bits per heavy atom.